The number of benzene rings is 1. The summed E-state index contributed by atoms with van der Waals surface area (Å²) in [4.78, 5) is 26.1. The zero-order chi connectivity index (χ0) is 19.0. The smallest absolute Gasteiger partial charge is 0.341 e. The van der Waals surface area contributed by atoms with Crippen molar-refractivity contribution >= 4 is 22.6 Å². The van der Waals surface area contributed by atoms with Gasteiger partial charge in [-0.2, -0.15) is 0 Å². The highest BCUT2D eigenvalue weighted by Gasteiger charge is 2.48. The van der Waals surface area contributed by atoms with Crippen LogP contribution in [0.5, 0.6) is 5.75 Å². The van der Waals surface area contributed by atoms with E-state index in [1.807, 2.05) is 11.8 Å². The van der Waals surface area contributed by atoms with Crippen LogP contribution < -0.4 is 20.8 Å². The lowest BCUT2D eigenvalue weighted by Gasteiger charge is -2.39. The van der Waals surface area contributed by atoms with Gasteiger partial charge in [0.2, 0.25) is 5.43 Å². The molecule has 3 N–H and O–H groups in total. The highest BCUT2D eigenvalue weighted by molar-refractivity contribution is 5.97. The number of aromatic carboxylic acids is 1. The van der Waals surface area contributed by atoms with Gasteiger partial charge in [0.1, 0.15) is 17.9 Å². The maximum atomic E-state index is 15.2. The van der Waals surface area contributed by atoms with Crippen molar-refractivity contribution in [1.82, 2.24) is 4.57 Å². The van der Waals surface area contributed by atoms with Gasteiger partial charge in [-0.25, -0.2) is 9.18 Å². The number of fused-ring (bicyclic) bond motifs is 1. The number of aromatic nitrogens is 1. The molecule has 1 aliphatic carbocycles. The lowest BCUT2D eigenvalue weighted by atomic mass is 9.78. The Labute approximate surface area is 154 Å². The standard InChI is InChI=1S/C19H20FN3O4/c1-8-7-27-18-15-10(17(24)11(19(25)26)5-22(8)15)4-12(20)16(18)23-6-13(21)9-2-3-14(9)23/h4-5,8-9,13-14H,2-3,6-7,21H2,1H3,(H,25,26). The van der Waals surface area contributed by atoms with Crippen LogP contribution in [0.25, 0.3) is 10.9 Å². The van der Waals surface area contributed by atoms with E-state index in [2.05, 4.69) is 0 Å². The molecule has 7 nitrogen and oxygen atoms in total. The Kier molecular flexibility index (Phi) is 3.34. The van der Waals surface area contributed by atoms with Crippen LogP contribution in [-0.2, 0) is 0 Å². The van der Waals surface area contributed by atoms with E-state index in [1.54, 1.807) is 4.57 Å². The van der Waals surface area contributed by atoms with Gasteiger partial charge < -0.3 is 25.0 Å². The summed E-state index contributed by atoms with van der Waals surface area (Å²) in [6.45, 7) is 2.69. The SMILES string of the molecule is CC1COc2c(N3CC(N)C4CCC43)c(F)cc3c(=O)c(C(=O)O)cn1c23. The van der Waals surface area contributed by atoms with Crippen LogP contribution in [0.2, 0.25) is 0 Å². The first-order chi connectivity index (χ1) is 12.9. The molecule has 27 heavy (non-hydrogen) atoms. The van der Waals surface area contributed by atoms with Crippen LogP contribution in [-0.4, -0.2) is 40.9 Å². The van der Waals surface area contributed by atoms with E-state index in [4.69, 9.17) is 10.5 Å². The third-order valence-electron chi connectivity index (χ3n) is 6.31. The highest BCUT2D eigenvalue weighted by atomic mass is 19.1. The summed E-state index contributed by atoms with van der Waals surface area (Å²) >= 11 is 0. The first-order valence-corrected chi connectivity index (χ1v) is 9.18. The summed E-state index contributed by atoms with van der Waals surface area (Å²) in [7, 11) is 0. The van der Waals surface area contributed by atoms with Crippen molar-refractivity contribution in [3.8, 4) is 5.75 Å². The largest absolute Gasteiger partial charge is 0.487 e. The first-order valence-electron chi connectivity index (χ1n) is 9.18. The second kappa shape index (κ2) is 5.45. The van der Waals surface area contributed by atoms with Crippen molar-refractivity contribution in [3.05, 3.63) is 33.9 Å². The maximum absolute atomic E-state index is 15.2. The molecule has 2 aromatic rings. The van der Waals surface area contributed by atoms with Gasteiger partial charge in [-0.05, 0) is 31.7 Å². The molecule has 0 bridgehead atoms. The topological polar surface area (TPSA) is 97.8 Å². The third-order valence-corrected chi connectivity index (χ3v) is 6.31. The fraction of sp³-hybridized carbons (Fsp3) is 0.474. The Morgan fingerprint density at radius 2 is 2.19 bits per heavy atom. The van der Waals surface area contributed by atoms with Gasteiger partial charge in [0.05, 0.1) is 16.9 Å². The van der Waals surface area contributed by atoms with Crippen molar-refractivity contribution in [2.75, 3.05) is 18.1 Å². The third kappa shape index (κ3) is 2.10. The number of hydrogen-bond donors (Lipinski definition) is 2. The number of ether oxygens (including phenoxy) is 1. The molecule has 5 rings (SSSR count). The Morgan fingerprint density at radius 1 is 1.41 bits per heavy atom. The molecule has 8 heteroatoms. The zero-order valence-corrected chi connectivity index (χ0v) is 14.8. The number of rotatable bonds is 2. The molecular weight excluding hydrogens is 353 g/mol. The number of carboxylic acids is 1. The minimum absolute atomic E-state index is 0.00913. The molecule has 4 unspecified atom stereocenters. The quantitative estimate of drug-likeness (QED) is 0.832. The van der Waals surface area contributed by atoms with Crippen molar-refractivity contribution in [2.45, 2.75) is 37.9 Å². The van der Waals surface area contributed by atoms with Gasteiger partial charge in [0.15, 0.2) is 11.6 Å². The Balaban J connectivity index is 1.81. The fourth-order valence-corrected chi connectivity index (χ4v) is 4.78. The van der Waals surface area contributed by atoms with Crippen molar-refractivity contribution in [1.29, 1.82) is 0 Å². The maximum Gasteiger partial charge on any atom is 0.341 e. The normalized spacial score (nSPS) is 28.6. The average Bonchev–Trinajstić information content (AvgIpc) is 2.79. The number of carboxylic acid groups (broad SMARTS) is 1. The van der Waals surface area contributed by atoms with Gasteiger partial charge in [0.25, 0.3) is 0 Å². The van der Waals surface area contributed by atoms with E-state index in [0.29, 0.717) is 29.4 Å². The van der Waals surface area contributed by atoms with E-state index in [0.717, 1.165) is 18.9 Å². The highest BCUT2D eigenvalue weighted by Crippen LogP contribution is 2.48. The number of carbonyl (C=O) groups is 1. The Bertz CT molecular complexity index is 1050. The van der Waals surface area contributed by atoms with Gasteiger partial charge in [0, 0.05) is 24.8 Å². The molecular formula is C19H20FN3O4. The minimum Gasteiger partial charge on any atom is -0.487 e. The molecule has 1 aromatic carbocycles. The summed E-state index contributed by atoms with van der Waals surface area (Å²) in [6.07, 6.45) is 3.33. The average molecular weight is 373 g/mol. The Morgan fingerprint density at radius 3 is 2.81 bits per heavy atom. The molecule has 0 radical (unpaired) electrons. The number of nitrogens with two attached hydrogens (primary N) is 1. The minimum atomic E-state index is -1.32. The van der Waals surface area contributed by atoms with Gasteiger partial charge in [-0.15, -0.1) is 0 Å². The van der Waals surface area contributed by atoms with Crippen LogP contribution in [0, 0.1) is 11.7 Å². The zero-order valence-electron chi connectivity index (χ0n) is 14.8. The lowest BCUT2D eigenvalue weighted by molar-refractivity contribution is 0.0694. The molecule has 0 spiro atoms. The second-order valence-electron chi connectivity index (χ2n) is 7.80. The van der Waals surface area contributed by atoms with Crippen LogP contribution in [0.15, 0.2) is 17.1 Å². The molecule has 1 saturated carbocycles. The van der Waals surface area contributed by atoms with Crippen LogP contribution in [0.3, 0.4) is 0 Å². The molecule has 3 heterocycles. The van der Waals surface area contributed by atoms with Crippen molar-refractivity contribution < 1.29 is 19.0 Å². The Hall–Kier alpha value is -2.61. The molecule has 1 saturated heterocycles. The summed E-state index contributed by atoms with van der Waals surface area (Å²) in [5, 5.41) is 9.39. The predicted molar refractivity (Wildman–Crippen MR) is 97.2 cm³/mol. The summed E-state index contributed by atoms with van der Waals surface area (Å²) in [6, 6.07) is 1.15. The van der Waals surface area contributed by atoms with Gasteiger partial charge >= 0.3 is 5.97 Å². The van der Waals surface area contributed by atoms with Gasteiger partial charge in [-0.3, -0.25) is 4.79 Å². The van der Waals surface area contributed by atoms with E-state index in [9.17, 15) is 14.7 Å². The number of anilines is 1. The van der Waals surface area contributed by atoms with E-state index in [1.165, 1.54) is 6.20 Å². The lowest BCUT2D eigenvalue weighted by Crippen LogP contribution is -2.42. The number of hydrogen-bond acceptors (Lipinski definition) is 5. The fourth-order valence-electron chi connectivity index (χ4n) is 4.78. The molecule has 0 amide bonds. The van der Waals surface area contributed by atoms with Crippen LogP contribution in [0.4, 0.5) is 10.1 Å². The first kappa shape index (κ1) is 16.6. The number of nitrogens with zero attached hydrogens (tertiary/aromatic N) is 2. The molecule has 142 valence electrons. The summed E-state index contributed by atoms with van der Waals surface area (Å²) in [5.74, 6) is -1.22. The summed E-state index contributed by atoms with van der Waals surface area (Å²) in [5.41, 5.74) is 5.96. The molecule has 1 aromatic heterocycles. The number of pyridine rings is 1. The van der Waals surface area contributed by atoms with E-state index >= 15 is 4.39 Å². The van der Waals surface area contributed by atoms with Crippen LogP contribution in [0.1, 0.15) is 36.2 Å². The van der Waals surface area contributed by atoms with Crippen molar-refractivity contribution in [3.63, 3.8) is 0 Å². The summed E-state index contributed by atoms with van der Waals surface area (Å²) < 4.78 is 22.8. The van der Waals surface area contributed by atoms with Crippen molar-refractivity contribution in [2.24, 2.45) is 11.7 Å². The second-order valence-corrected chi connectivity index (χ2v) is 7.80. The molecule has 3 aliphatic rings. The van der Waals surface area contributed by atoms with Crippen LogP contribution >= 0.6 is 0 Å². The number of halogens is 1. The monoisotopic (exact) mass is 373 g/mol. The molecule has 4 atom stereocenters. The molecule has 2 aliphatic heterocycles. The van der Waals surface area contributed by atoms with E-state index in [-0.39, 0.29) is 35.7 Å². The predicted octanol–water partition coefficient (Wildman–Crippen LogP) is 1.72. The van der Waals surface area contributed by atoms with E-state index < -0.39 is 17.2 Å². The van der Waals surface area contributed by atoms with Gasteiger partial charge in [-0.1, -0.05) is 0 Å². The molecule has 2 fully saturated rings.